The monoisotopic (exact) mass is 1250 g/mol. The van der Waals surface area contributed by atoms with Gasteiger partial charge in [0.2, 0.25) is 0 Å². The van der Waals surface area contributed by atoms with Gasteiger partial charge in [0.25, 0.3) is 0 Å². The molecule has 0 saturated heterocycles. The van der Waals surface area contributed by atoms with Gasteiger partial charge in [-0.05, 0) is 190 Å². The van der Waals surface area contributed by atoms with Crippen LogP contribution in [0.4, 0.5) is 0 Å². The van der Waals surface area contributed by atoms with Gasteiger partial charge in [-0.25, -0.2) is 0 Å². The van der Waals surface area contributed by atoms with Gasteiger partial charge in [-0.15, -0.1) is 0 Å². The van der Waals surface area contributed by atoms with Crippen LogP contribution in [0.15, 0.2) is 146 Å². The van der Waals surface area contributed by atoms with Crippen LogP contribution >= 0.6 is 0 Å². The first-order chi connectivity index (χ1) is 44.0. The highest BCUT2D eigenvalue weighted by atomic mass is 15.1. The standard InChI is InChI=1S/C90H101N5/c1-53-26-28-55(83(2,3)4)43-63(53)64-44-56(84(5,6)7)29-27-54(64)42-71-72(51-91)80(93-74-36-30-57(85(8,9)10)45-65(74)66-46-58(86(11,12)13)31-37-75(66)93)73(52-92)82(95-78-40-34-61(89(20,21)22)49-69(78)70-50-62(90(23,24)25)35-41-79(70)95)81(71)94-76-38-32-59(87(14,15)16)47-67(76)68-48-60(88(17,18)19)33-39-77(68)94/h26-41,43-50H,42H2,1-25H3. The summed E-state index contributed by atoms with van der Waals surface area (Å²) in [4.78, 5) is 0. The van der Waals surface area contributed by atoms with Crippen LogP contribution in [0.25, 0.3) is 93.6 Å². The minimum Gasteiger partial charge on any atom is -0.307 e. The Hall–Kier alpha value is -8.64. The van der Waals surface area contributed by atoms with Crippen LogP contribution in [0.1, 0.15) is 238 Å². The van der Waals surface area contributed by atoms with E-state index in [4.69, 9.17) is 0 Å². The van der Waals surface area contributed by atoms with Gasteiger partial charge in [-0.1, -0.05) is 239 Å². The van der Waals surface area contributed by atoms with Crippen molar-refractivity contribution < 1.29 is 0 Å². The van der Waals surface area contributed by atoms with Gasteiger partial charge in [0.15, 0.2) is 0 Å². The maximum absolute atomic E-state index is 13.1. The molecule has 0 spiro atoms. The van der Waals surface area contributed by atoms with Gasteiger partial charge < -0.3 is 13.7 Å². The lowest BCUT2D eigenvalue weighted by Crippen LogP contribution is -2.17. The third kappa shape index (κ3) is 11.5. The first kappa shape index (κ1) is 66.4. The maximum atomic E-state index is 13.1. The van der Waals surface area contributed by atoms with Gasteiger partial charge in [-0.3, -0.25) is 0 Å². The Kier molecular flexibility index (Phi) is 15.5. The molecule has 3 aromatic heterocycles. The smallest absolute Gasteiger partial charge is 0.104 e. The number of nitriles is 2. The molecule has 0 unspecified atom stereocenters. The summed E-state index contributed by atoms with van der Waals surface area (Å²) >= 11 is 0. The Labute approximate surface area is 567 Å². The van der Waals surface area contributed by atoms with Crippen molar-refractivity contribution in [3.05, 3.63) is 218 Å². The van der Waals surface area contributed by atoms with E-state index in [0.29, 0.717) is 23.2 Å². The fourth-order valence-electron chi connectivity index (χ4n) is 14.4. The van der Waals surface area contributed by atoms with Gasteiger partial charge in [0.05, 0.1) is 55.7 Å². The van der Waals surface area contributed by atoms with Crippen LogP contribution in [0, 0.1) is 29.6 Å². The number of hydrogen-bond donors (Lipinski definition) is 0. The largest absolute Gasteiger partial charge is 0.307 e. The molecule has 0 aliphatic rings. The number of aromatic nitrogens is 3. The van der Waals surface area contributed by atoms with Crippen LogP contribution in [-0.4, -0.2) is 13.7 Å². The molecule has 0 amide bonds. The van der Waals surface area contributed by atoms with Crippen molar-refractivity contribution >= 4 is 65.4 Å². The third-order valence-electron chi connectivity index (χ3n) is 20.6. The predicted molar refractivity (Wildman–Crippen MR) is 408 cm³/mol. The van der Waals surface area contributed by atoms with E-state index in [0.717, 1.165) is 93.5 Å². The van der Waals surface area contributed by atoms with Gasteiger partial charge >= 0.3 is 0 Å². The van der Waals surface area contributed by atoms with Gasteiger partial charge in [-0.2, -0.15) is 10.5 Å². The fraction of sp³-hybridized carbons (Fsp3) is 0.378. The number of hydrogen-bond acceptors (Lipinski definition) is 2. The summed E-state index contributed by atoms with van der Waals surface area (Å²) in [5.74, 6) is 0. The molecule has 0 fully saturated rings. The fourth-order valence-corrected chi connectivity index (χ4v) is 14.4. The molecule has 12 rings (SSSR count). The quantitative estimate of drug-likeness (QED) is 0.167. The molecule has 0 saturated carbocycles. The minimum atomic E-state index is -0.173. The molecule has 0 aliphatic heterocycles. The topological polar surface area (TPSA) is 62.4 Å². The second-order valence-corrected chi connectivity index (χ2v) is 36.0. The normalized spacial score (nSPS) is 13.3. The Morgan fingerprint density at radius 3 is 0.800 bits per heavy atom. The molecule has 5 heteroatoms. The highest BCUT2D eigenvalue weighted by Crippen LogP contribution is 2.50. The van der Waals surface area contributed by atoms with Gasteiger partial charge in [0.1, 0.15) is 17.7 Å². The van der Waals surface area contributed by atoms with E-state index in [2.05, 4.69) is 345 Å². The van der Waals surface area contributed by atoms with Crippen LogP contribution in [0.2, 0.25) is 0 Å². The molecule has 3 heterocycles. The molecule has 0 aliphatic carbocycles. The second-order valence-electron chi connectivity index (χ2n) is 36.0. The van der Waals surface area contributed by atoms with E-state index in [1.54, 1.807) is 0 Å². The van der Waals surface area contributed by atoms with Crippen LogP contribution in [-0.2, 0) is 49.7 Å². The predicted octanol–water partition coefficient (Wildman–Crippen LogP) is 24.7. The van der Waals surface area contributed by atoms with Crippen molar-refractivity contribution in [2.24, 2.45) is 0 Å². The van der Waals surface area contributed by atoms with Crippen molar-refractivity contribution in [1.82, 2.24) is 13.7 Å². The number of aryl methyl sites for hydroxylation is 1. The Morgan fingerprint density at radius 2 is 0.516 bits per heavy atom. The summed E-state index contributed by atoms with van der Waals surface area (Å²) in [5, 5.41) is 32.8. The van der Waals surface area contributed by atoms with Crippen LogP contribution in [0.3, 0.4) is 0 Å². The third-order valence-corrected chi connectivity index (χ3v) is 20.6. The SMILES string of the molecule is Cc1ccc(C(C)(C)C)cc1-c1cc(C(C)(C)C)ccc1Cc1c(C#N)c(-n2c3ccc(C(C)(C)C)cc3c3cc(C(C)(C)C)ccc32)c(C#N)c(-n2c3ccc(C(C)(C)C)cc3c3cc(C(C)(C)C)ccc32)c1-n1c2ccc(C(C)(C)C)cc2c2cc(C(C)(C)C)ccc21. The highest BCUT2D eigenvalue weighted by molar-refractivity contribution is 6.14. The van der Waals surface area contributed by atoms with E-state index in [9.17, 15) is 10.5 Å². The molecule has 0 N–H and O–H groups in total. The average Bonchev–Trinajstić information content (AvgIpc) is 1.58. The van der Waals surface area contributed by atoms with Crippen molar-refractivity contribution in [2.45, 2.75) is 223 Å². The van der Waals surface area contributed by atoms with E-state index < -0.39 is 0 Å². The second kappa shape index (κ2) is 22.2. The summed E-state index contributed by atoms with van der Waals surface area (Å²) in [5.41, 5.74) is 22.9. The Balaban J connectivity index is 1.40. The summed E-state index contributed by atoms with van der Waals surface area (Å²) in [6, 6.07) is 62.1. The maximum Gasteiger partial charge on any atom is 0.104 e. The molecule has 0 radical (unpaired) electrons. The summed E-state index contributed by atoms with van der Waals surface area (Å²) in [6.45, 7) is 57.2. The first-order valence-electron chi connectivity index (χ1n) is 34.6. The number of nitrogens with zero attached hydrogens (tertiary/aromatic N) is 5. The lowest BCUT2D eigenvalue weighted by molar-refractivity contribution is 0.589. The summed E-state index contributed by atoms with van der Waals surface area (Å²) in [7, 11) is 0. The van der Waals surface area contributed by atoms with Crippen LogP contribution < -0.4 is 0 Å². The lowest BCUT2D eigenvalue weighted by Gasteiger charge is -2.28. The molecule has 95 heavy (non-hydrogen) atoms. The van der Waals surface area contributed by atoms with Gasteiger partial charge in [0, 0.05) is 44.3 Å². The first-order valence-corrected chi connectivity index (χ1v) is 34.6. The van der Waals surface area contributed by atoms with E-state index >= 15 is 0 Å². The zero-order valence-electron chi connectivity index (χ0n) is 61.8. The van der Waals surface area contributed by atoms with Crippen molar-refractivity contribution in [1.29, 1.82) is 10.5 Å². The van der Waals surface area contributed by atoms with E-state index in [-0.39, 0.29) is 43.3 Å². The average molecular weight is 1250 g/mol. The molecular weight excluding hydrogens is 1150 g/mol. The lowest BCUT2D eigenvalue weighted by atomic mass is 9.80. The number of rotatable bonds is 6. The van der Waals surface area contributed by atoms with E-state index in [1.807, 2.05) is 0 Å². The molecule has 12 aromatic rings. The van der Waals surface area contributed by atoms with Crippen molar-refractivity contribution in [2.75, 3.05) is 0 Å². The van der Waals surface area contributed by atoms with Crippen molar-refractivity contribution in [3.63, 3.8) is 0 Å². The molecule has 0 atom stereocenters. The Bertz CT molecular complexity index is 5020. The molecular formula is C90H101N5. The Morgan fingerprint density at radius 1 is 0.274 bits per heavy atom. The molecule has 5 nitrogen and oxygen atoms in total. The highest BCUT2D eigenvalue weighted by Gasteiger charge is 2.36. The molecule has 9 aromatic carbocycles. The van der Waals surface area contributed by atoms with Crippen molar-refractivity contribution in [3.8, 4) is 40.3 Å². The number of fused-ring (bicyclic) bond motifs is 9. The van der Waals surface area contributed by atoms with E-state index in [1.165, 1.54) is 55.6 Å². The van der Waals surface area contributed by atoms with Crippen LogP contribution in [0.5, 0.6) is 0 Å². The number of benzene rings is 9. The summed E-state index contributed by atoms with van der Waals surface area (Å²) in [6.07, 6.45) is 0.350. The molecule has 0 bridgehead atoms. The summed E-state index contributed by atoms with van der Waals surface area (Å²) < 4.78 is 7.20. The zero-order chi connectivity index (χ0) is 69.1. The zero-order valence-corrected chi connectivity index (χ0v) is 61.8. The molecule has 486 valence electrons. The minimum absolute atomic E-state index is 0.119.